The molecule has 0 bridgehead atoms. The van der Waals surface area contributed by atoms with Gasteiger partial charge in [-0.2, -0.15) is 0 Å². The van der Waals surface area contributed by atoms with Crippen LogP contribution in [-0.2, 0) is 11.3 Å². The van der Waals surface area contributed by atoms with Gasteiger partial charge in [0.2, 0.25) is 5.88 Å². The normalized spacial score (nSPS) is 13.1. The second-order valence-electron chi connectivity index (χ2n) is 6.74. The number of para-hydroxylation sites is 1. The van der Waals surface area contributed by atoms with Crippen molar-refractivity contribution < 1.29 is 19.4 Å². The molecule has 3 aromatic rings. The number of carbonyl (C=O) groups is 2. The van der Waals surface area contributed by atoms with E-state index >= 15 is 0 Å². The van der Waals surface area contributed by atoms with Gasteiger partial charge in [0.15, 0.2) is 0 Å². The number of H-pyrrole nitrogens is 1. The van der Waals surface area contributed by atoms with E-state index < -0.39 is 5.97 Å². The number of hydrogen-bond acceptors (Lipinski definition) is 7. The summed E-state index contributed by atoms with van der Waals surface area (Å²) in [5, 5.41) is 12.7. The lowest BCUT2D eigenvalue weighted by atomic mass is 10.0. The fourth-order valence-electron chi connectivity index (χ4n) is 3.17. The molecule has 160 valence electrons. The van der Waals surface area contributed by atoms with Crippen LogP contribution >= 0.6 is 11.3 Å². The molecule has 1 aromatic heterocycles. The van der Waals surface area contributed by atoms with Crippen molar-refractivity contribution in [2.24, 2.45) is 4.99 Å². The highest BCUT2D eigenvalue weighted by Crippen LogP contribution is 2.36. The van der Waals surface area contributed by atoms with Crippen LogP contribution in [0.15, 0.2) is 65.1 Å². The number of hydrogen-bond donors (Lipinski definition) is 3. The SMILES string of the molecule is C=COC(=O)c1ccc(CNC(=O)c2cccc3c2N=CC3=Cc2sc(=O)[nH]c2O)cc1. The molecule has 0 saturated carbocycles. The summed E-state index contributed by atoms with van der Waals surface area (Å²) >= 11 is 0.885. The maximum Gasteiger partial charge on any atom is 0.342 e. The number of ether oxygens (including phenoxy) is 1. The van der Waals surface area contributed by atoms with Crippen LogP contribution in [0.2, 0.25) is 0 Å². The van der Waals surface area contributed by atoms with E-state index in [0.717, 1.165) is 28.7 Å². The predicted octanol–water partition coefficient (Wildman–Crippen LogP) is 3.63. The van der Waals surface area contributed by atoms with E-state index in [0.29, 0.717) is 27.3 Å². The van der Waals surface area contributed by atoms with Crippen LogP contribution in [-0.4, -0.2) is 28.2 Å². The molecule has 2 heterocycles. The zero-order valence-electron chi connectivity index (χ0n) is 16.6. The van der Waals surface area contributed by atoms with Gasteiger partial charge >= 0.3 is 10.8 Å². The van der Waals surface area contributed by atoms with Crippen LogP contribution in [0.5, 0.6) is 5.88 Å². The van der Waals surface area contributed by atoms with E-state index in [1.165, 1.54) is 0 Å². The molecular weight excluding hydrogens is 430 g/mol. The Morgan fingerprint density at radius 2 is 2.00 bits per heavy atom. The Bertz CT molecular complexity index is 1330. The molecule has 1 amide bonds. The molecule has 0 unspecified atom stereocenters. The highest BCUT2D eigenvalue weighted by atomic mass is 32.1. The van der Waals surface area contributed by atoms with Crippen molar-refractivity contribution in [1.29, 1.82) is 0 Å². The lowest BCUT2D eigenvalue weighted by Gasteiger charge is -2.09. The Balaban J connectivity index is 1.49. The highest BCUT2D eigenvalue weighted by Gasteiger charge is 2.20. The van der Waals surface area contributed by atoms with Gasteiger partial charge in [0, 0.05) is 23.9 Å². The summed E-state index contributed by atoms with van der Waals surface area (Å²) in [5.41, 5.74) is 3.52. The Morgan fingerprint density at radius 1 is 1.22 bits per heavy atom. The lowest BCUT2D eigenvalue weighted by molar-refractivity contribution is 0.0664. The van der Waals surface area contributed by atoms with E-state index in [1.807, 2.05) is 6.07 Å². The fraction of sp³-hybridized carbons (Fsp3) is 0.0435. The molecule has 0 atom stereocenters. The van der Waals surface area contributed by atoms with Gasteiger partial charge in [0.1, 0.15) is 0 Å². The minimum atomic E-state index is -0.502. The standard InChI is InChI=1S/C23H17N3O5S/c1-2-31-22(29)14-8-6-13(7-9-14)11-25-20(27)17-5-3-4-16-15(12-24-19(16)17)10-18-21(28)26-23(30)32-18/h2-10,12,28H,1,11H2,(H,25,27)(H,26,30). The molecular formula is C23H17N3O5S. The first kappa shape index (κ1) is 21.0. The number of aromatic nitrogens is 1. The first-order chi connectivity index (χ1) is 15.5. The summed E-state index contributed by atoms with van der Waals surface area (Å²) < 4.78 is 4.73. The number of allylic oxidation sites excluding steroid dienone is 1. The summed E-state index contributed by atoms with van der Waals surface area (Å²) in [6.07, 6.45) is 4.31. The minimum Gasteiger partial charge on any atom is -0.493 e. The zero-order valence-corrected chi connectivity index (χ0v) is 17.4. The van der Waals surface area contributed by atoms with E-state index in [2.05, 4.69) is 21.9 Å². The van der Waals surface area contributed by atoms with E-state index in [4.69, 9.17) is 4.74 Å². The Morgan fingerprint density at radius 3 is 2.69 bits per heavy atom. The number of carbonyl (C=O) groups excluding carboxylic acids is 2. The van der Waals surface area contributed by atoms with E-state index in [1.54, 1.807) is 48.7 Å². The molecule has 0 radical (unpaired) electrons. The number of fused-ring (bicyclic) bond motifs is 1. The van der Waals surface area contributed by atoms with Crippen LogP contribution in [0.1, 0.15) is 36.7 Å². The van der Waals surface area contributed by atoms with Gasteiger partial charge in [-0.3, -0.25) is 19.6 Å². The van der Waals surface area contributed by atoms with Gasteiger partial charge < -0.3 is 15.2 Å². The molecule has 0 spiro atoms. The maximum atomic E-state index is 12.8. The number of esters is 1. The Hall–Kier alpha value is -4.24. The Kier molecular flexibility index (Phi) is 5.82. The smallest absolute Gasteiger partial charge is 0.342 e. The fourth-order valence-corrected chi connectivity index (χ4v) is 3.85. The average Bonchev–Trinajstić information content (AvgIpc) is 3.34. The van der Waals surface area contributed by atoms with Crippen LogP contribution in [0.4, 0.5) is 5.69 Å². The van der Waals surface area contributed by atoms with Gasteiger partial charge in [0.25, 0.3) is 5.91 Å². The average molecular weight is 447 g/mol. The second-order valence-corrected chi connectivity index (χ2v) is 7.75. The van der Waals surface area contributed by atoms with Crippen molar-refractivity contribution in [3.63, 3.8) is 0 Å². The zero-order chi connectivity index (χ0) is 22.7. The summed E-state index contributed by atoms with van der Waals surface area (Å²) in [6.45, 7) is 3.61. The highest BCUT2D eigenvalue weighted by molar-refractivity contribution is 7.10. The molecule has 9 heteroatoms. The van der Waals surface area contributed by atoms with Crippen molar-refractivity contribution in [2.75, 3.05) is 0 Å². The van der Waals surface area contributed by atoms with Crippen molar-refractivity contribution in [2.45, 2.75) is 6.54 Å². The summed E-state index contributed by atoms with van der Waals surface area (Å²) in [6, 6.07) is 11.9. The summed E-state index contributed by atoms with van der Waals surface area (Å²) in [4.78, 5) is 42.6. The van der Waals surface area contributed by atoms with Gasteiger partial charge in [-0.1, -0.05) is 42.2 Å². The molecule has 2 aromatic carbocycles. The number of rotatable bonds is 6. The van der Waals surface area contributed by atoms with Gasteiger partial charge in [-0.05, 0) is 29.8 Å². The first-order valence-electron chi connectivity index (χ1n) is 9.46. The first-order valence-corrected chi connectivity index (χ1v) is 10.3. The molecule has 1 aliphatic heterocycles. The monoisotopic (exact) mass is 447 g/mol. The molecule has 32 heavy (non-hydrogen) atoms. The number of nitrogens with zero attached hydrogens (tertiary/aromatic N) is 1. The molecule has 0 saturated heterocycles. The maximum absolute atomic E-state index is 12.8. The number of nitrogens with one attached hydrogen (secondary N) is 2. The van der Waals surface area contributed by atoms with Crippen molar-refractivity contribution in [3.8, 4) is 5.88 Å². The molecule has 1 aliphatic rings. The number of thiazole rings is 1. The molecule has 8 nitrogen and oxygen atoms in total. The van der Waals surface area contributed by atoms with Gasteiger partial charge in [-0.25, -0.2) is 4.79 Å². The molecule has 0 aliphatic carbocycles. The molecule has 4 rings (SSSR count). The van der Waals surface area contributed by atoms with Gasteiger partial charge in [-0.15, -0.1) is 0 Å². The van der Waals surface area contributed by atoms with E-state index in [-0.39, 0.29) is 23.2 Å². The quantitative estimate of drug-likeness (QED) is 0.394. The second kappa shape index (κ2) is 8.86. The van der Waals surface area contributed by atoms with Crippen molar-refractivity contribution in [3.05, 3.63) is 92.1 Å². The van der Waals surface area contributed by atoms with Crippen LogP contribution < -0.4 is 10.2 Å². The third-order valence-corrected chi connectivity index (χ3v) is 5.52. The summed E-state index contributed by atoms with van der Waals surface area (Å²) in [5.74, 6) is -1.01. The minimum absolute atomic E-state index is 0.202. The summed E-state index contributed by atoms with van der Waals surface area (Å²) in [7, 11) is 0. The number of amides is 1. The topological polar surface area (TPSA) is 121 Å². The van der Waals surface area contributed by atoms with Crippen molar-refractivity contribution in [1.82, 2.24) is 10.3 Å². The Labute approximate surface area is 186 Å². The number of benzene rings is 2. The van der Waals surface area contributed by atoms with Crippen molar-refractivity contribution >= 4 is 46.8 Å². The van der Waals surface area contributed by atoms with Gasteiger partial charge in [0.05, 0.1) is 28.0 Å². The predicted molar refractivity (Wildman–Crippen MR) is 122 cm³/mol. The third-order valence-electron chi connectivity index (χ3n) is 4.70. The largest absolute Gasteiger partial charge is 0.493 e. The number of aromatic amines is 1. The third kappa shape index (κ3) is 4.28. The van der Waals surface area contributed by atoms with Crippen LogP contribution in [0.3, 0.4) is 0 Å². The van der Waals surface area contributed by atoms with E-state index in [9.17, 15) is 19.5 Å². The van der Waals surface area contributed by atoms with Crippen LogP contribution in [0.25, 0.3) is 11.6 Å². The number of aromatic hydroxyl groups is 1. The number of aliphatic imine (C=N–C) groups is 1. The lowest BCUT2D eigenvalue weighted by Crippen LogP contribution is -2.23. The van der Waals surface area contributed by atoms with Crippen LogP contribution in [0, 0.1) is 0 Å². The molecule has 3 N–H and O–H groups in total. The molecule has 0 fully saturated rings.